The molecule has 0 aliphatic heterocycles. The van der Waals surface area contributed by atoms with Gasteiger partial charge in [-0.1, -0.05) is 25.1 Å². The van der Waals surface area contributed by atoms with E-state index in [1.54, 1.807) is 0 Å². The van der Waals surface area contributed by atoms with Gasteiger partial charge in [-0.25, -0.2) is 0 Å². The number of para-hydroxylation sites is 1. The van der Waals surface area contributed by atoms with Gasteiger partial charge in [-0.15, -0.1) is 0 Å². The topological polar surface area (TPSA) is 38.3 Å². The van der Waals surface area contributed by atoms with E-state index in [2.05, 4.69) is 5.32 Å². The second-order valence-electron chi connectivity index (χ2n) is 5.67. The van der Waals surface area contributed by atoms with Gasteiger partial charge in [-0.05, 0) is 45.2 Å². The molecule has 0 saturated carbocycles. The average molecular weight is 263 g/mol. The van der Waals surface area contributed by atoms with Crippen molar-refractivity contribution in [2.24, 2.45) is 0 Å². The predicted octanol–water partition coefficient (Wildman–Crippen LogP) is 3.32. The van der Waals surface area contributed by atoms with Crippen molar-refractivity contribution in [3.8, 4) is 5.75 Å². The lowest BCUT2D eigenvalue weighted by Gasteiger charge is -2.23. The van der Waals surface area contributed by atoms with Crippen LogP contribution in [0.15, 0.2) is 24.3 Å². The van der Waals surface area contributed by atoms with Crippen molar-refractivity contribution in [1.29, 1.82) is 0 Å². The molecule has 0 aliphatic rings. The van der Waals surface area contributed by atoms with Crippen molar-refractivity contribution in [1.82, 2.24) is 5.32 Å². The van der Waals surface area contributed by atoms with Crippen LogP contribution in [0.3, 0.4) is 0 Å². The van der Waals surface area contributed by atoms with Crippen molar-refractivity contribution in [3.63, 3.8) is 0 Å². The first-order valence-corrected chi connectivity index (χ1v) is 6.96. The van der Waals surface area contributed by atoms with Gasteiger partial charge in [-0.3, -0.25) is 4.79 Å². The Labute approximate surface area is 116 Å². The van der Waals surface area contributed by atoms with Gasteiger partial charge in [0.05, 0.1) is 0 Å². The van der Waals surface area contributed by atoms with Gasteiger partial charge in [0, 0.05) is 13.0 Å². The highest BCUT2D eigenvalue weighted by Gasteiger charge is 2.14. The summed E-state index contributed by atoms with van der Waals surface area (Å²) in [5, 5.41) is 2.93. The highest BCUT2D eigenvalue weighted by atomic mass is 16.5. The fourth-order valence-corrected chi connectivity index (χ4v) is 1.79. The van der Waals surface area contributed by atoms with E-state index < -0.39 is 0 Å². The summed E-state index contributed by atoms with van der Waals surface area (Å²) in [6.07, 6.45) is 2.28. The Bertz CT molecular complexity index is 407. The molecule has 1 amide bonds. The molecule has 0 aromatic heterocycles. The van der Waals surface area contributed by atoms with Crippen LogP contribution in [0.4, 0.5) is 0 Å². The third-order valence-corrected chi connectivity index (χ3v) is 2.58. The standard InChI is InChI=1S/C16H25NO2/c1-5-8-15(18)17-12-11-13-9-6-7-10-14(13)19-16(2,3)4/h6-7,9-10H,5,8,11-12H2,1-4H3,(H,17,18). The first kappa shape index (κ1) is 15.5. The number of nitrogens with one attached hydrogen (secondary N) is 1. The zero-order chi connectivity index (χ0) is 14.3. The Morgan fingerprint density at radius 2 is 1.95 bits per heavy atom. The van der Waals surface area contributed by atoms with Crippen molar-refractivity contribution in [2.75, 3.05) is 6.54 Å². The largest absolute Gasteiger partial charge is 0.488 e. The molecule has 0 aliphatic carbocycles. The number of carbonyl (C=O) groups is 1. The van der Waals surface area contributed by atoms with E-state index in [9.17, 15) is 4.79 Å². The lowest BCUT2D eigenvalue weighted by Crippen LogP contribution is -2.26. The Morgan fingerprint density at radius 1 is 1.26 bits per heavy atom. The molecular weight excluding hydrogens is 238 g/mol. The van der Waals surface area contributed by atoms with Gasteiger partial charge in [0.1, 0.15) is 11.4 Å². The summed E-state index contributed by atoms with van der Waals surface area (Å²) in [6.45, 7) is 8.77. The molecule has 3 nitrogen and oxygen atoms in total. The molecule has 0 saturated heterocycles. The van der Waals surface area contributed by atoms with Gasteiger partial charge in [0.25, 0.3) is 0 Å². The maximum atomic E-state index is 11.4. The molecule has 0 radical (unpaired) electrons. The highest BCUT2D eigenvalue weighted by Crippen LogP contribution is 2.23. The van der Waals surface area contributed by atoms with Crippen molar-refractivity contribution in [3.05, 3.63) is 29.8 Å². The van der Waals surface area contributed by atoms with Crippen LogP contribution in [0.5, 0.6) is 5.75 Å². The quantitative estimate of drug-likeness (QED) is 0.855. The molecule has 1 rings (SSSR count). The van der Waals surface area contributed by atoms with Crippen LogP contribution in [0, 0.1) is 0 Å². The van der Waals surface area contributed by atoms with E-state index in [1.165, 1.54) is 0 Å². The summed E-state index contributed by atoms with van der Waals surface area (Å²) in [6, 6.07) is 8.00. The summed E-state index contributed by atoms with van der Waals surface area (Å²) in [4.78, 5) is 11.4. The third-order valence-electron chi connectivity index (χ3n) is 2.58. The SMILES string of the molecule is CCCC(=O)NCCc1ccccc1OC(C)(C)C. The van der Waals surface area contributed by atoms with E-state index in [1.807, 2.05) is 52.0 Å². The summed E-state index contributed by atoms with van der Waals surface area (Å²) in [7, 11) is 0. The van der Waals surface area contributed by atoms with E-state index in [0.29, 0.717) is 13.0 Å². The molecule has 3 heteroatoms. The zero-order valence-corrected chi connectivity index (χ0v) is 12.5. The molecular formula is C16H25NO2. The first-order valence-electron chi connectivity index (χ1n) is 6.96. The molecule has 0 atom stereocenters. The maximum Gasteiger partial charge on any atom is 0.219 e. The van der Waals surface area contributed by atoms with Crippen LogP contribution in [-0.4, -0.2) is 18.1 Å². The number of amides is 1. The highest BCUT2D eigenvalue weighted by molar-refractivity contribution is 5.75. The average Bonchev–Trinajstić information content (AvgIpc) is 2.30. The summed E-state index contributed by atoms with van der Waals surface area (Å²) in [5.41, 5.74) is 0.927. The number of hydrogen-bond acceptors (Lipinski definition) is 2. The lowest BCUT2D eigenvalue weighted by molar-refractivity contribution is -0.121. The number of rotatable bonds is 6. The van der Waals surface area contributed by atoms with Gasteiger partial charge in [0.15, 0.2) is 0 Å². The number of hydrogen-bond donors (Lipinski definition) is 1. The third kappa shape index (κ3) is 6.27. The fourth-order valence-electron chi connectivity index (χ4n) is 1.79. The minimum atomic E-state index is -0.207. The molecule has 106 valence electrons. The van der Waals surface area contributed by atoms with Crippen LogP contribution in [-0.2, 0) is 11.2 Å². The van der Waals surface area contributed by atoms with Gasteiger partial charge in [-0.2, -0.15) is 0 Å². The molecule has 1 N–H and O–H groups in total. The van der Waals surface area contributed by atoms with Crippen molar-refractivity contribution in [2.45, 2.75) is 52.6 Å². The second kappa shape index (κ2) is 7.17. The van der Waals surface area contributed by atoms with E-state index in [0.717, 1.165) is 24.2 Å². The minimum absolute atomic E-state index is 0.122. The molecule has 0 bridgehead atoms. The molecule has 19 heavy (non-hydrogen) atoms. The Hall–Kier alpha value is -1.51. The van der Waals surface area contributed by atoms with Gasteiger partial charge >= 0.3 is 0 Å². The van der Waals surface area contributed by atoms with Crippen LogP contribution in [0.25, 0.3) is 0 Å². The molecule has 1 aromatic carbocycles. The van der Waals surface area contributed by atoms with Crippen LogP contribution in [0.2, 0.25) is 0 Å². The first-order chi connectivity index (χ1) is 8.92. The van der Waals surface area contributed by atoms with Gasteiger partial charge < -0.3 is 10.1 Å². The van der Waals surface area contributed by atoms with E-state index in [-0.39, 0.29) is 11.5 Å². The Morgan fingerprint density at radius 3 is 2.58 bits per heavy atom. The molecule has 1 aromatic rings. The monoisotopic (exact) mass is 263 g/mol. The maximum absolute atomic E-state index is 11.4. The molecule has 0 heterocycles. The number of benzene rings is 1. The van der Waals surface area contributed by atoms with E-state index in [4.69, 9.17) is 4.74 Å². The zero-order valence-electron chi connectivity index (χ0n) is 12.5. The molecule has 0 spiro atoms. The Kier molecular flexibility index (Phi) is 5.87. The second-order valence-corrected chi connectivity index (χ2v) is 5.67. The lowest BCUT2D eigenvalue weighted by atomic mass is 10.1. The van der Waals surface area contributed by atoms with Crippen molar-refractivity contribution >= 4 is 5.91 Å². The normalized spacial score (nSPS) is 11.2. The summed E-state index contributed by atoms with van der Waals surface area (Å²) < 4.78 is 5.93. The van der Waals surface area contributed by atoms with Gasteiger partial charge in [0.2, 0.25) is 5.91 Å². The van der Waals surface area contributed by atoms with Crippen LogP contribution >= 0.6 is 0 Å². The van der Waals surface area contributed by atoms with Crippen LogP contribution in [0.1, 0.15) is 46.1 Å². The minimum Gasteiger partial charge on any atom is -0.488 e. The van der Waals surface area contributed by atoms with Crippen LogP contribution < -0.4 is 10.1 Å². The summed E-state index contributed by atoms with van der Waals surface area (Å²) >= 11 is 0. The van der Waals surface area contributed by atoms with E-state index >= 15 is 0 Å². The molecule has 0 unspecified atom stereocenters. The smallest absolute Gasteiger partial charge is 0.219 e. The predicted molar refractivity (Wildman–Crippen MR) is 78.4 cm³/mol. The fraction of sp³-hybridized carbons (Fsp3) is 0.562. The summed E-state index contributed by atoms with van der Waals surface area (Å²) in [5.74, 6) is 1.02. The van der Waals surface area contributed by atoms with Crippen molar-refractivity contribution < 1.29 is 9.53 Å². The number of ether oxygens (including phenoxy) is 1. The number of carbonyl (C=O) groups excluding carboxylic acids is 1. The Balaban J connectivity index is 2.56. The molecule has 0 fully saturated rings.